The summed E-state index contributed by atoms with van der Waals surface area (Å²) in [5, 5.41) is 14.9. The molecule has 9 heteroatoms. The van der Waals surface area contributed by atoms with Gasteiger partial charge in [-0.1, -0.05) is 12.1 Å². The minimum absolute atomic E-state index is 0. The summed E-state index contributed by atoms with van der Waals surface area (Å²) < 4.78 is 12.2. The Morgan fingerprint density at radius 2 is 1.89 bits per heavy atom. The van der Waals surface area contributed by atoms with E-state index in [1.165, 1.54) is 0 Å². The van der Waals surface area contributed by atoms with E-state index in [-0.39, 0.29) is 24.0 Å². The molecule has 150 valence electrons. The van der Waals surface area contributed by atoms with Crippen LogP contribution in [-0.4, -0.2) is 48.1 Å². The van der Waals surface area contributed by atoms with Crippen molar-refractivity contribution in [3.8, 4) is 5.75 Å². The van der Waals surface area contributed by atoms with Crippen LogP contribution in [0.15, 0.2) is 29.3 Å². The molecule has 2 N–H and O–H groups in total. The van der Waals surface area contributed by atoms with Gasteiger partial charge in [0.15, 0.2) is 11.8 Å². The van der Waals surface area contributed by atoms with Gasteiger partial charge in [-0.15, -0.1) is 34.2 Å². The summed E-state index contributed by atoms with van der Waals surface area (Å²) in [7, 11) is 5.31. The molecule has 0 bridgehead atoms. The van der Waals surface area contributed by atoms with Crippen molar-refractivity contribution in [1.82, 2.24) is 25.4 Å². The highest BCUT2D eigenvalue weighted by atomic mass is 127. The van der Waals surface area contributed by atoms with Crippen molar-refractivity contribution in [1.29, 1.82) is 0 Å². The molecule has 2 aromatic rings. The average Bonchev–Trinajstić information content (AvgIpc) is 2.99. The Morgan fingerprint density at radius 1 is 1.15 bits per heavy atom. The molecule has 0 aliphatic carbocycles. The van der Waals surface area contributed by atoms with Crippen LogP contribution in [0.25, 0.3) is 0 Å². The number of nitrogens with zero attached hydrogens (tertiary/aromatic N) is 4. The van der Waals surface area contributed by atoms with E-state index in [0.717, 1.165) is 41.9 Å². The van der Waals surface area contributed by atoms with E-state index >= 15 is 0 Å². The number of aryl methyl sites for hydroxylation is 1. The number of benzene rings is 1. The fraction of sp³-hybridized carbons (Fsp3) is 0.500. The zero-order valence-corrected chi connectivity index (χ0v) is 18.7. The van der Waals surface area contributed by atoms with Gasteiger partial charge in [0.05, 0.1) is 20.2 Å². The zero-order chi connectivity index (χ0) is 18.8. The van der Waals surface area contributed by atoms with Crippen LogP contribution in [-0.2, 0) is 24.9 Å². The highest BCUT2D eigenvalue weighted by Gasteiger charge is 2.06. The van der Waals surface area contributed by atoms with Crippen LogP contribution in [0, 0.1) is 6.92 Å². The molecule has 0 amide bonds. The first-order valence-corrected chi connectivity index (χ1v) is 8.63. The molecule has 1 aromatic carbocycles. The largest absolute Gasteiger partial charge is 0.497 e. The van der Waals surface area contributed by atoms with Crippen LogP contribution in [0.3, 0.4) is 0 Å². The van der Waals surface area contributed by atoms with Gasteiger partial charge in [-0.05, 0) is 31.0 Å². The molecule has 27 heavy (non-hydrogen) atoms. The Labute approximate surface area is 177 Å². The SMILES string of the molecule is COCCCNC(=NCc1ccc(OC)cc1)NCc1nnc(C)n1C.I. The van der Waals surface area contributed by atoms with Gasteiger partial charge in [0.25, 0.3) is 0 Å². The topological polar surface area (TPSA) is 85.6 Å². The highest BCUT2D eigenvalue weighted by molar-refractivity contribution is 14.0. The molecule has 0 saturated heterocycles. The number of guanidine groups is 1. The molecule has 2 rings (SSSR count). The highest BCUT2D eigenvalue weighted by Crippen LogP contribution is 2.11. The molecule has 0 aliphatic rings. The lowest BCUT2D eigenvalue weighted by atomic mass is 10.2. The Hall–Kier alpha value is -1.88. The smallest absolute Gasteiger partial charge is 0.191 e. The fourth-order valence-electron chi connectivity index (χ4n) is 2.27. The van der Waals surface area contributed by atoms with Crippen molar-refractivity contribution in [3.05, 3.63) is 41.5 Å². The monoisotopic (exact) mass is 488 g/mol. The van der Waals surface area contributed by atoms with Crippen molar-refractivity contribution in [2.24, 2.45) is 12.0 Å². The first-order chi connectivity index (χ1) is 12.6. The third kappa shape index (κ3) is 7.71. The van der Waals surface area contributed by atoms with Crippen molar-refractivity contribution in [2.75, 3.05) is 27.4 Å². The Morgan fingerprint density at radius 3 is 2.48 bits per heavy atom. The Kier molecular flexibility index (Phi) is 10.7. The average molecular weight is 488 g/mol. The molecular weight excluding hydrogens is 459 g/mol. The maximum absolute atomic E-state index is 5.18. The van der Waals surface area contributed by atoms with E-state index in [1.807, 2.05) is 42.8 Å². The molecule has 0 aliphatic heterocycles. The predicted octanol–water partition coefficient (Wildman–Crippen LogP) is 2.02. The molecule has 1 heterocycles. The second-order valence-corrected chi connectivity index (χ2v) is 5.86. The number of hydrogen-bond donors (Lipinski definition) is 2. The number of methoxy groups -OCH3 is 2. The van der Waals surface area contributed by atoms with Gasteiger partial charge in [-0.25, -0.2) is 4.99 Å². The van der Waals surface area contributed by atoms with E-state index in [2.05, 4.69) is 25.8 Å². The van der Waals surface area contributed by atoms with Gasteiger partial charge in [-0.3, -0.25) is 0 Å². The lowest BCUT2D eigenvalue weighted by Gasteiger charge is -2.12. The number of ether oxygens (including phenoxy) is 2. The van der Waals surface area contributed by atoms with Gasteiger partial charge in [-0.2, -0.15) is 0 Å². The van der Waals surface area contributed by atoms with Crippen LogP contribution in [0.5, 0.6) is 5.75 Å². The molecular formula is C18H29IN6O2. The van der Waals surface area contributed by atoms with Gasteiger partial charge in [0, 0.05) is 27.3 Å². The Balaban J connectivity index is 0.00000364. The van der Waals surface area contributed by atoms with E-state index in [4.69, 9.17) is 9.47 Å². The van der Waals surface area contributed by atoms with Gasteiger partial charge in [0.2, 0.25) is 0 Å². The standard InChI is InChI=1S/C18H28N6O2.HI/c1-14-22-23-17(24(14)2)13-21-18(19-10-5-11-25-3)20-12-15-6-8-16(26-4)9-7-15;/h6-9H,5,10-13H2,1-4H3,(H2,19,20,21);1H. The first-order valence-electron chi connectivity index (χ1n) is 8.63. The molecule has 0 saturated carbocycles. The molecule has 1 aromatic heterocycles. The van der Waals surface area contributed by atoms with Crippen LogP contribution in [0.1, 0.15) is 23.6 Å². The van der Waals surface area contributed by atoms with Crippen LogP contribution < -0.4 is 15.4 Å². The van der Waals surface area contributed by atoms with Crippen LogP contribution >= 0.6 is 24.0 Å². The van der Waals surface area contributed by atoms with Gasteiger partial charge >= 0.3 is 0 Å². The summed E-state index contributed by atoms with van der Waals surface area (Å²) in [6.07, 6.45) is 0.906. The molecule has 8 nitrogen and oxygen atoms in total. The van der Waals surface area contributed by atoms with Gasteiger partial charge in [0.1, 0.15) is 11.6 Å². The number of nitrogens with one attached hydrogen (secondary N) is 2. The third-order valence-electron chi connectivity index (χ3n) is 3.99. The summed E-state index contributed by atoms with van der Waals surface area (Å²) in [5.74, 6) is 3.31. The maximum Gasteiger partial charge on any atom is 0.191 e. The molecule has 0 unspecified atom stereocenters. The second kappa shape index (κ2) is 12.5. The Bertz CT molecular complexity index is 702. The lowest BCUT2D eigenvalue weighted by Crippen LogP contribution is -2.38. The van der Waals surface area contributed by atoms with Gasteiger partial charge < -0.3 is 24.7 Å². The van der Waals surface area contributed by atoms with Crippen molar-refractivity contribution >= 4 is 29.9 Å². The molecule has 0 atom stereocenters. The summed E-state index contributed by atoms with van der Waals surface area (Å²) in [5.41, 5.74) is 1.11. The number of aliphatic imine (C=N–C) groups is 1. The van der Waals surface area contributed by atoms with E-state index in [1.54, 1.807) is 14.2 Å². The fourth-order valence-corrected chi connectivity index (χ4v) is 2.27. The number of halogens is 1. The number of aromatic nitrogens is 3. The minimum atomic E-state index is 0. The number of hydrogen-bond acceptors (Lipinski definition) is 5. The van der Waals surface area contributed by atoms with Crippen LogP contribution in [0.2, 0.25) is 0 Å². The van der Waals surface area contributed by atoms with E-state index in [9.17, 15) is 0 Å². The maximum atomic E-state index is 5.18. The van der Waals surface area contributed by atoms with Crippen molar-refractivity contribution in [3.63, 3.8) is 0 Å². The number of rotatable bonds is 9. The van der Waals surface area contributed by atoms with E-state index in [0.29, 0.717) is 19.7 Å². The summed E-state index contributed by atoms with van der Waals surface area (Å²) in [4.78, 5) is 4.65. The lowest BCUT2D eigenvalue weighted by molar-refractivity contribution is 0.195. The summed E-state index contributed by atoms with van der Waals surface area (Å²) in [6, 6.07) is 7.90. The second-order valence-electron chi connectivity index (χ2n) is 5.86. The van der Waals surface area contributed by atoms with Crippen LogP contribution in [0.4, 0.5) is 0 Å². The molecule has 0 spiro atoms. The van der Waals surface area contributed by atoms with Crippen molar-refractivity contribution in [2.45, 2.75) is 26.4 Å². The summed E-state index contributed by atoms with van der Waals surface area (Å²) >= 11 is 0. The summed E-state index contributed by atoms with van der Waals surface area (Å²) in [6.45, 7) is 4.54. The minimum Gasteiger partial charge on any atom is -0.497 e. The molecule has 0 radical (unpaired) electrons. The van der Waals surface area contributed by atoms with Crippen molar-refractivity contribution < 1.29 is 9.47 Å². The zero-order valence-electron chi connectivity index (χ0n) is 16.4. The van der Waals surface area contributed by atoms with E-state index < -0.39 is 0 Å². The first kappa shape index (κ1) is 23.2. The molecule has 0 fully saturated rings. The third-order valence-corrected chi connectivity index (χ3v) is 3.99. The quantitative estimate of drug-likeness (QED) is 0.243. The predicted molar refractivity (Wildman–Crippen MR) is 117 cm³/mol. The normalized spacial score (nSPS) is 11.0.